The van der Waals surface area contributed by atoms with Crippen molar-refractivity contribution in [1.29, 1.82) is 0 Å². The van der Waals surface area contributed by atoms with Gasteiger partial charge >= 0.3 is 0 Å². The maximum Gasteiger partial charge on any atom is 0.190 e. The predicted molar refractivity (Wildman–Crippen MR) is 101 cm³/mol. The highest BCUT2D eigenvalue weighted by Gasteiger charge is 2.12. The maximum atomic E-state index is 4.81. The van der Waals surface area contributed by atoms with Crippen LogP contribution < -0.4 is 0 Å². The molecule has 0 spiro atoms. The molecule has 1 N–H and O–H groups in total. The lowest BCUT2D eigenvalue weighted by Gasteiger charge is -2.06. The van der Waals surface area contributed by atoms with Crippen molar-refractivity contribution in [1.82, 2.24) is 24.6 Å². The number of para-hydroxylation sites is 3. The van der Waals surface area contributed by atoms with Gasteiger partial charge in [0.25, 0.3) is 0 Å². The van der Waals surface area contributed by atoms with Gasteiger partial charge in [0.2, 0.25) is 0 Å². The number of nitrogens with zero attached hydrogens (tertiary/aromatic N) is 4. The van der Waals surface area contributed by atoms with Crippen molar-refractivity contribution in [2.45, 2.75) is 17.8 Å². The summed E-state index contributed by atoms with van der Waals surface area (Å²) in [6, 6.07) is 18.4. The highest BCUT2D eigenvalue weighted by Crippen LogP contribution is 2.27. The minimum absolute atomic E-state index is 0.716. The summed E-state index contributed by atoms with van der Waals surface area (Å²) in [5.41, 5.74) is 5.12. The molecule has 2 aromatic carbocycles. The topological polar surface area (TPSA) is 58.9 Å². The highest BCUT2D eigenvalue weighted by atomic mass is 32.2. The molecule has 5 nitrogen and oxygen atoms in total. The number of nitrogens with one attached hydrogen (secondary N) is 1. The third-order valence-corrected chi connectivity index (χ3v) is 5.13. The minimum atomic E-state index is 0.716. The molecule has 0 amide bonds. The fourth-order valence-electron chi connectivity index (χ4n) is 3.08. The molecular formula is C19H15N5S. The van der Waals surface area contributed by atoms with E-state index in [4.69, 9.17) is 4.98 Å². The van der Waals surface area contributed by atoms with Crippen molar-refractivity contribution in [2.24, 2.45) is 0 Å². The molecule has 0 saturated heterocycles. The number of imidazole rings is 1. The lowest BCUT2D eigenvalue weighted by molar-refractivity contribution is 0.796. The first-order valence-electron chi connectivity index (χ1n) is 8.09. The summed E-state index contributed by atoms with van der Waals surface area (Å²) >= 11 is 1.64. The van der Waals surface area contributed by atoms with Crippen LogP contribution in [0.25, 0.3) is 27.5 Å². The zero-order valence-corrected chi connectivity index (χ0v) is 14.4. The van der Waals surface area contributed by atoms with E-state index in [2.05, 4.69) is 27.2 Å². The largest absolute Gasteiger partial charge is 0.341 e. The first-order valence-corrected chi connectivity index (χ1v) is 9.08. The number of rotatable bonds is 3. The quantitative estimate of drug-likeness (QED) is 0.390. The minimum Gasteiger partial charge on any atom is -0.341 e. The fraction of sp³-hybridized carbons (Fsp3) is 0.105. The molecule has 0 atom stereocenters. The first-order chi connectivity index (χ1) is 12.3. The molecule has 122 valence electrons. The number of thioether (sulfide) groups is 1. The molecule has 0 fully saturated rings. The van der Waals surface area contributed by atoms with Crippen LogP contribution in [0.4, 0.5) is 0 Å². The van der Waals surface area contributed by atoms with E-state index >= 15 is 0 Å². The van der Waals surface area contributed by atoms with Gasteiger partial charge in [0.15, 0.2) is 5.16 Å². The third kappa shape index (κ3) is 2.46. The summed E-state index contributed by atoms with van der Waals surface area (Å²) < 4.78 is 1.94. The van der Waals surface area contributed by atoms with Crippen LogP contribution in [0.15, 0.2) is 59.8 Å². The molecule has 0 unspecified atom stereocenters. The molecular weight excluding hydrogens is 330 g/mol. The Bertz CT molecular complexity index is 1190. The second kappa shape index (κ2) is 5.60. The zero-order chi connectivity index (χ0) is 16.8. The van der Waals surface area contributed by atoms with Crippen LogP contribution in [0.5, 0.6) is 0 Å². The molecule has 0 radical (unpaired) electrons. The summed E-state index contributed by atoms with van der Waals surface area (Å²) in [4.78, 5) is 12.8. The Morgan fingerprint density at radius 2 is 1.80 bits per heavy atom. The Hall–Kier alpha value is -2.86. The van der Waals surface area contributed by atoms with E-state index in [1.807, 2.05) is 53.9 Å². The first kappa shape index (κ1) is 14.5. The van der Waals surface area contributed by atoms with Crippen molar-refractivity contribution in [3.63, 3.8) is 0 Å². The number of aryl methyl sites for hydroxylation is 1. The molecule has 25 heavy (non-hydrogen) atoms. The molecule has 5 aromatic rings. The maximum absolute atomic E-state index is 4.81. The van der Waals surface area contributed by atoms with Gasteiger partial charge in [0.05, 0.1) is 33.5 Å². The van der Waals surface area contributed by atoms with E-state index in [-0.39, 0.29) is 0 Å². The van der Waals surface area contributed by atoms with Crippen molar-refractivity contribution < 1.29 is 0 Å². The van der Waals surface area contributed by atoms with E-state index in [0.29, 0.717) is 5.75 Å². The molecule has 0 aliphatic carbocycles. The second-order valence-electron chi connectivity index (χ2n) is 5.98. The Labute approximate surface area is 148 Å². The average molecular weight is 345 g/mol. The van der Waals surface area contributed by atoms with E-state index < -0.39 is 0 Å². The molecule has 3 aromatic heterocycles. The molecule has 0 aliphatic rings. The van der Waals surface area contributed by atoms with Crippen LogP contribution in [0.1, 0.15) is 11.5 Å². The van der Waals surface area contributed by atoms with Crippen molar-refractivity contribution in [2.75, 3.05) is 0 Å². The van der Waals surface area contributed by atoms with Gasteiger partial charge in [-0.2, -0.15) is 5.10 Å². The molecule has 5 rings (SSSR count). The normalized spacial score (nSPS) is 11.7. The number of fused-ring (bicyclic) bond motifs is 4. The summed E-state index contributed by atoms with van der Waals surface area (Å²) in [7, 11) is 0. The molecule has 3 heterocycles. The van der Waals surface area contributed by atoms with Crippen LogP contribution in [0.2, 0.25) is 0 Å². The van der Waals surface area contributed by atoms with Gasteiger partial charge in [-0.25, -0.2) is 14.5 Å². The smallest absolute Gasteiger partial charge is 0.190 e. The summed E-state index contributed by atoms with van der Waals surface area (Å²) in [6.07, 6.45) is 0. The van der Waals surface area contributed by atoms with Crippen LogP contribution in [-0.2, 0) is 5.75 Å². The van der Waals surface area contributed by atoms with Crippen LogP contribution in [0, 0.1) is 6.92 Å². The summed E-state index contributed by atoms with van der Waals surface area (Å²) in [5, 5.41) is 6.62. The van der Waals surface area contributed by atoms with E-state index in [1.165, 1.54) is 0 Å². The van der Waals surface area contributed by atoms with Gasteiger partial charge in [0, 0.05) is 5.39 Å². The average Bonchev–Trinajstić information content (AvgIpc) is 3.22. The Kier molecular flexibility index (Phi) is 3.24. The van der Waals surface area contributed by atoms with E-state index in [0.717, 1.165) is 44.1 Å². The Morgan fingerprint density at radius 3 is 2.68 bits per heavy atom. The molecule has 0 bridgehead atoms. The van der Waals surface area contributed by atoms with Crippen LogP contribution in [-0.4, -0.2) is 24.6 Å². The SMILES string of the molecule is Cc1cc2c3ccccc3nc(SCc3nc4ccccc4[nH]3)n2n1. The summed E-state index contributed by atoms with van der Waals surface area (Å²) in [6.45, 7) is 2.01. The van der Waals surface area contributed by atoms with Gasteiger partial charge in [-0.3, -0.25) is 0 Å². The lowest BCUT2D eigenvalue weighted by atomic mass is 10.2. The van der Waals surface area contributed by atoms with Crippen molar-refractivity contribution in [3.8, 4) is 0 Å². The van der Waals surface area contributed by atoms with Gasteiger partial charge in [-0.1, -0.05) is 42.1 Å². The van der Waals surface area contributed by atoms with E-state index in [1.54, 1.807) is 11.8 Å². The Balaban J connectivity index is 1.57. The third-order valence-electron chi connectivity index (χ3n) is 4.19. The molecule has 6 heteroatoms. The number of H-pyrrole nitrogens is 1. The fourth-order valence-corrected chi connectivity index (χ4v) is 3.90. The molecule has 0 saturated carbocycles. The van der Waals surface area contributed by atoms with Gasteiger partial charge in [-0.15, -0.1) is 0 Å². The standard InChI is InChI=1S/C19H15N5S/c1-12-10-17-13-6-2-3-7-14(13)22-19(24(17)23-12)25-11-18-20-15-8-4-5-9-16(15)21-18/h2-10H,11H2,1H3,(H,20,21). The van der Waals surface area contributed by atoms with Gasteiger partial charge < -0.3 is 4.98 Å². The Morgan fingerprint density at radius 1 is 1.00 bits per heavy atom. The summed E-state index contributed by atoms with van der Waals surface area (Å²) in [5.74, 6) is 1.66. The highest BCUT2D eigenvalue weighted by molar-refractivity contribution is 7.98. The monoisotopic (exact) mass is 345 g/mol. The zero-order valence-electron chi connectivity index (χ0n) is 13.6. The van der Waals surface area contributed by atoms with E-state index in [9.17, 15) is 0 Å². The lowest BCUT2D eigenvalue weighted by Crippen LogP contribution is -1.98. The van der Waals surface area contributed by atoms with Crippen LogP contribution >= 0.6 is 11.8 Å². The predicted octanol–water partition coefficient (Wildman–Crippen LogP) is 4.36. The number of benzene rings is 2. The number of aromatic nitrogens is 5. The van der Waals surface area contributed by atoms with Crippen molar-refractivity contribution >= 4 is 39.2 Å². The molecule has 0 aliphatic heterocycles. The van der Waals surface area contributed by atoms with Gasteiger partial charge in [-0.05, 0) is 31.2 Å². The second-order valence-corrected chi connectivity index (χ2v) is 6.93. The number of aromatic amines is 1. The number of hydrogen-bond acceptors (Lipinski definition) is 4. The number of hydrogen-bond donors (Lipinski definition) is 1. The van der Waals surface area contributed by atoms with Gasteiger partial charge in [0.1, 0.15) is 5.82 Å². The van der Waals surface area contributed by atoms with Crippen LogP contribution in [0.3, 0.4) is 0 Å². The van der Waals surface area contributed by atoms with Crippen molar-refractivity contribution in [3.05, 3.63) is 66.1 Å².